The second kappa shape index (κ2) is 3.83. The highest BCUT2D eigenvalue weighted by Crippen LogP contribution is 2.25. The molecule has 8 nitrogen and oxygen atoms in total. The van der Waals surface area contributed by atoms with Gasteiger partial charge >= 0.3 is 5.88 Å². The summed E-state index contributed by atoms with van der Waals surface area (Å²) in [6, 6.07) is 2.88. The summed E-state index contributed by atoms with van der Waals surface area (Å²) in [7, 11) is 3.52. The van der Waals surface area contributed by atoms with Crippen LogP contribution in [0.1, 0.15) is 5.76 Å². The summed E-state index contributed by atoms with van der Waals surface area (Å²) < 4.78 is 5.09. The molecule has 0 bridgehead atoms. The van der Waals surface area contributed by atoms with E-state index in [0.717, 1.165) is 0 Å². The van der Waals surface area contributed by atoms with Gasteiger partial charge in [0.2, 0.25) is 0 Å². The number of hydrogen-bond donors (Lipinski definition) is 2. The third kappa shape index (κ3) is 1.71. The number of nitrogens with zero attached hydrogens (tertiary/aromatic N) is 3. The largest absolute Gasteiger partial charge is 0.433 e. The van der Waals surface area contributed by atoms with Crippen molar-refractivity contribution in [1.29, 1.82) is 0 Å². The standard InChI is InChI=1S/C8H11N5O3/c1-9-12-5-6(11(2)10-12)7-3-4-8(16-7)13(14)15/h3-5,9-10H,1-2H3. The number of rotatable bonds is 3. The summed E-state index contributed by atoms with van der Waals surface area (Å²) in [6.07, 6.45) is 1.72. The molecule has 16 heavy (non-hydrogen) atoms. The second-order valence-corrected chi connectivity index (χ2v) is 3.16. The molecule has 1 aliphatic heterocycles. The van der Waals surface area contributed by atoms with Gasteiger partial charge in [-0.25, -0.2) is 10.5 Å². The molecule has 1 aromatic heterocycles. The zero-order chi connectivity index (χ0) is 11.7. The van der Waals surface area contributed by atoms with Crippen LogP contribution in [0.15, 0.2) is 22.7 Å². The van der Waals surface area contributed by atoms with Gasteiger partial charge in [0.15, 0.2) is 5.76 Å². The molecule has 0 fully saturated rings. The molecule has 2 rings (SSSR count). The molecule has 0 saturated carbocycles. The molecule has 1 aliphatic rings. The predicted octanol–water partition coefficient (Wildman–Crippen LogP) is 0.288. The van der Waals surface area contributed by atoms with Crippen molar-refractivity contribution in [3.63, 3.8) is 0 Å². The predicted molar refractivity (Wildman–Crippen MR) is 55.1 cm³/mol. The van der Waals surface area contributed by atoms with Crippen molar-refractivity contribution in [1.82, 2.24) is 21.1 Å². The number of hydrogen-bond acceptors (Lipinski definition) is 7. The molecule has 0 aromatic carbocycles. The monoisotopic (exact) mass is 225 g/mol. The van der Waals surface area contributed by atoms with Gasteiger partial charge in [0.1, 0.15) is 10.6 Å². The van der Waals surface area contributed by atoms with Gasteiger partial charge in [0, 0.05) is 14.1 Å². The Labute approximate surface area is 91.2 Å². The molecule has 0 radical (unpaired) electrons. The minimum absolute atomic E-state index is 0.271. The summed E-state index contributed by atoms with van der Waals surface area (Å²) in [5, 5.41) is 13.8. The summed E-state index contributed by atoms with van der Waals surface area (Å²) in [6.45, 7) is 0. The van der Waals surface area contributed by atoms with Crippen LogP contribution >= 0.6 is 0 Å². The normalized spacial score (nSPS) is 15.5. The zero-order valence-corrected chi connectivity index (χ0v) is 8.80. The van der Waals surface area contributed by atoms with Crippen molar-refractivity contribution in [2.45, 2.75) is 0 Å². The summed E-state index contributed by atoms with van der Waals surface area (Å²) in [5.41, 5.74) is 6.47. The fraction of sp³-hybridized carbons (Fsp3) is 0.250. The molecule has 0 amide bonds. The molecule has 1 aromatic rings. The molecule has 2 N–H and O–H groups in total. The van der Waals surface area contributed by atoms with E-state index in [1.54, 1.807) is 36.5 Å². The quantitative estimate of drug-likeness (QED) is 0.564. The number of hydrazine groups is 3. The van der Waals surface area contributed by atoms with E-state index in [2.05, 4.69) is 11.0 Å². The van der Waals surface area contributed by atoms with Crippen molar-refractivity contribution in [3.05, 3.63) is 34.2 Å². The smallest absolute Gasteiger partial charge is 0.399 e. The first-order valence-corrected chi connectivity index (χ1v) is 4.55. The van der Waals surface area contributed by atoms with Crippen LogP contribution in [0.2, 0.25) is 0 Å². The van der Waals surface area contributed by atoms with Crippen LogP contribution in [-0.4, -0.2) is 29.1 Å². The van der Waals surface area contributed by atoms with Gasteiger partial charge in [-0.1, -0.05) is 0 Å². The van der Waals surface area contributed by atoms with E-state index in [9.17, 15) is 10.1 Å². The Kier molecular flexibility index (Phi) is 2.50. The van der Waals surface area contributed by atoms with E-state index in [1.165, 1.54) is 6.07 Å². The van der Waals surface area contributed by atoms with Gasteiger partial charge in [-0.2, -0.15) is 0 Å². The van der Waals surface area contributed by atoms with Crippen molar-refractivity contribution >= 4 is 11.6 Å². The van der Waals surface area contributed by atoms with Crippen molar-refractivity contribution < 1.29 is 9.34 Å². The van der Waals surface area contributed by atoms with Crippen LogP contribution in [0.4, 0.5) is 5.88 Å². The number of nitrogens with one attached hydrogen (secondary N) is 2. The highest BCUT2D eigenvalue weighted by atomic mass is 16.6. The Balaban J connectivity index is 2.26. The first kappa shape index (κ1) is 10.5. The van der Waals surface area contributed by atoms with Crippen molar-refractivity contribution in [3.8, 4) is 0 Å². The van der Waals surface area contributed by atoms with Crippen LogP contribution in [0.3, 0.4) is 0 Å². The Morgan fingerprint density at radius 1 is 1.56 bits per heavy atom. The van der Waals surface area contributed by atoms with E-state index < -0.39 is 4.92 Å². The van der Waals surface area contributed by atoms with Crippen molar-refractivity contribution in [2.24, 2.45) is 0 Å². The average Bonchev–Trinajstić information content (AvgIpc) is 2.83. The lowest BCUT2D eigenvalue weighted by atomic mass is 10.3. The average molecular weight is 225 g/mol. The topological polar surface area (TPSA) is 86.8 Å². The maximum Gasteiger partial charge on any atom is 0.433 e. The SMILES string of the molecule is CNN1C=C(c2ccc([N+](=O)[O-])o2)N(C)N1. The fourth-order valence-corrected chi connectivity index (χ4v) is 1.36. The molecule has 0 atom stereocenters. The Bertz CT molecular complexity index is 441. The van der Waals surface area contributed by atoms with Crippen LogP contribution in [0, 0.1) is 10.1 Å². The molecule has 0 aliphatic carbocycles. The molecular formula is C8H11N5O3. The lowest BCUT2D eigenvalue weighted by molar-refractivity contribution is -0.402. The van der Waals surface area contributed by atoms with E-state index in [0.29, 0.717) is 11.5 Å². The Hall–Kier alpha value is -2.06. The van der Waals surface area contributed by atoms with Gasteiger partial charge in [-0.05, 0) is 6.07 Å². The number of furan rings is 1. The van der Waals surface area contributed by atoms with Crippen LogP contribution < -0.4 is 11.0 Å². The van der Waals surface area contributed by atoms with Gasteiger partial charge in [-0.3, -0.25) is 15.1 Å². The van der Waals surface area contributed by atoms with Crippen molar-refractivity contribution in [2.75, 3.05) is 14.1 Å². The minimum atomic E-state index is -0.567. The first-order valence-electron chi connectivity index (χ1n) is 4.55. The molecular weight excluding hydrogens is 214 g/mol. The zero-order valence-electron chi connectivity index (χ0n) is 8.80. The van der Waals surface area contributed by atoms with Gasteiger partial charge in [-0.15, -0.1) is 5.53 Å². The highest BCUT2D eigenvalue weighted by Gasteiger charge is 2.22. The van der Waals surface area contributed by atoms with E-state index in [4.69, 9.17) is 4.42 Å². The van der Waals surface area contributed by atoms with E-state index in [1.807, 2.05) is 0 Å². The molecule has 8 heteroatoms. The molecule has 0 saturated heterocycles. The summed E-state index contributed by atoms with van der Waals surface area (Å²) >= 11 is 0. The maximum atomic E-state index is 10.5. The fourth-order valence-electron chi connectivity index (χ4n) is 1.36. The lowest BCUT2D eigenvalue weighted by Crippen LogP contribution is -2.43. The summed E-state index contributed by atoms with van der Waals surface area (Å²) in [4.78, 5) is 9.90. The van der Waals surface area contributed by atoms with E-state index in [-0.39, 0.29) is 5.88 Å². The second-order valence-electron chi connectivity index (χ2n) is 3.16. The molecule has 86 valence electrons. The van der Waals surface area contributed by atoms with Crippen LogP contribution in [0.5, 0.6) is 0 Å². The minimum Gasteiger partial charge on any atom is -0.399 e. The first-order chi connectivity index (χ1) is 7.61. The van der Waals surface area contributed by atoms with Crippen LogP contribution in [0.25, 0.3) is 5.70 Å². The van der Waals surface area contributed by atoms with Gasteiger partial charge in [0.25, 0.3) is 0 Å². The third-order valence-electron chi connectivity index (χ3n) is 2.14. The molecule has 0 spiro atoms. The number of nitro groups is 1. The Morgan fingerprint density at radius 2 is 2.31 bits per heavy atom. The maximum absolute atomic E-state index is 10.5. The lowest BCUT2D eigenvalue weighted by Gasteiger charge is -2.18. The van der Waals surface area contributed by atoms with Gasteiger partial charge < -0.3 is 4.42 Å². The van der Waals surface area contributed by atoms with E-state index >= 15 is 0 Å². The molecule has 0 unspecified atom stereocenters. The third-order valence-corrected chi connectivity index (χ3v) is 2.14. The van der Waals surface area contributed by atoms with Gasteiger partial charge in [0.05, 0.1) is 12.3 Å². The van der Waals surface area contributed by atoms with Crippen LogP contribution in [-0.2, 0) is 0 Å². The Morgan fingerprint density at radius 3 is 2.81 bits per heavy atom. The summed E-state index contributed by atoms with van der Waals surface area (Å²) in [5.74, 6) is 0.159. The molecule has 2 heterocycles. The highest BCUT2D eigenvalue weighted by molar-refractivity contribution is 5.60.